The maximum atomic E-state index is 13.1. The van der Waals surface area contributed by atoms with Crippen LogP contribution in [0, 0.1) is 6.92 Å². The van der Waals surface area contributed by atoms with Crippen molar-refractivity contribution in [2.75, 3.05) is 0 Å². The normalized spacial score (nSPS) is 11.7. The minimum atomic E-state index is -3.40. The van der Waals surface area contributed by atoms with Crippen molar-refractivity contribution >= 4 is 5.97 Å². The zero-order valence-electron chi connectivity index (χ0n) is 7.79. The molecule has 0 amide bonds. The molecule has 0 aliphatic heterocycles. The van der Waals surface area contributed by atoms with Crippen LogP contribution in [0.3, 0.4) is 0 Å². The van der Waals surface area contributed by atoms with Gasteiger partial charge in [0.25, 0.3) is 0 Å². The van der Waals surface area contributed by atoms with Gasteiger partial charge < -0.3 is 5.11 Å². The molecule has 0 radical (unpaired) electrons. The zero-order valence-corrected chi connectivity index (χ0v) is 7.79. The van der Waals surface area contributed by atoms with Gasteiger partial charge in [0.05, 0.1) is 0 Å². The Bertz CT molecular complexity index is 341. The van der Waals surface area contributed by atoms with Crippen LogP contribution >= 0.6 is 0 Å². The second-order valence-corrected chi connectivity index (χ2v) is 3.07. The predicted molar refractivity (Wildman–Crippen MR) is 44.1 cm³/mol. The summed E-state index contributed by atoms with van der Waals surface area (Å²) >= 11 is 0. The van der Waals surface area contributed by atoms with E-state index < -0.39 is 24.0 Å². The smallest absolute Gasteiger partial charge is 0.309 e. The number of carboxylic acids is 1. The van der Waals surface area contributed by atoms with Gasteiger partial charge in [-0.05, 0) is 13.0 Å². The molecule has 0 unspecified atom stereocenters. The number of halogens is 2. The summed E-state index contributed by atoms with van der Waals surface area (Å²) in [5, 5.41) is 11.8. The van der Waals surface area contributed by atoms with Crippen LogP contribution in [0.2, 0.25) is 0 Å². The Morgan fingerprint density at radius 2 is 2.29 bits per heavy atom. The molecular weight excluding hydrogens is 194 g/mol. The molecule has 0 aliphatic carbocycles. The topological polar surface area (TPSA) is 55.1 Å². The van der Waals surface area contributed by atoms with Crippen molar-refractivity contribution in [3.63, 3.8) is 0 Å². The lowest BCUT2D eigenvalue weighted by atomic mass is 10.1. The highest BCUT2D eigenvalue weighted by atomic mass is 19.3. The molecule has 1 rings (SSSR count). The summed E-state index contributed by atoms with van der Waals surface area (Å²) in [4.78, 5) is 10.2. The summed E-state index contributed by atoms with van der Waals surface area (Å²) in [5.41, 5.74) is 0.0602. The molecular formula is C8H10F2N2O2. The Morgan fingerprint density at radius 1 is 1.71 bits per heavy atom. The Morgan fingerprint density at radius 3 is 2.64 bits per heavy atom. The van der Waals surface area contributed by atoms with E-state index in [0.717, 1.165) is 0 Å². The average molecular weight is 204 g/mol. The van der Waals surface area contributed by atoms with Crippen LogP contribution in [0.25, 0.3) is 0 Å². The van der Waals surface area contributed by atoms with Crippen LogP contribution in [0.5, 0.6) is 0 Å². The highest BCUT2D eigenvalue weighted by molar-refractivity contribution is 5.68. The minimum Gasteiger partial charge on any atom is -0.481 e. The number of hydrogen-bond donors (Lipinski definition) is 1. The van der Waals surface area contributed by atoms with E-state index in [1.807, 2.05) is 0 Å². The van der Waals surface area contributed by atoms with Gasteiger partial charge in [-0.25, -0.2) is 0 Å². The third-order valence-electron chi connectivity index (χ3n) is 1.86. The SMILES string of the molecule is Cc1cc(C(F)(F)CC(=O)O)nn1C. The van der Waals surface area contributed by atoms with Gasteiger partial charge in [-0.15, -0.1) is 0 Å². The maximum absolute atomic E-state index is 13.1. The van der Waals surface area contributed by atoms with E-state index in [2.05, 4.69) is 5.10 Å². The van der Waals surface area contributed by atoms with Gasteiger partial charge in [0.2, 0.25) is 0 Å². The van der Waals surface area contributed by atoms with Crippen LogP contribution < -0.4 is 0 Å². The molecule has 4 nitrogen and oxygen atoms in total. The molecule has 1 N–H and O–H groups in total. The van der Waals surface area contributed by atoms with Gasteiger partial charge >= 0.3 is 11.9 Å². The first-order valence-corrected chi connectivity index (χ1v) is 3.93. The largest absolute Gasteiger partial charge is 0.481 e. The summed E-state index contributed by atoms with van der Waals surface area (Å²) in [6.45, 7) is 1.62. The molecule has 14 heavy (non-hydrogen) atoms. The third-order valence-corrected chi connectivity index (χ3v) is 1.86. The lowest BCUT2D eigenvalue weighted by molar-refractivity contribution is -0.145. The predicted octanol–water partition coefficient (Wildman–Crippen LogP) is 1.30. The van der Waals surface area contributed by atoms with E-state index >= 15 is 0 Å². The third kappa shape index (κ3) is 2.07. The van der Waals surface area contributed by atoms with Crippen molar-refractivity contribution < 1.29 is 18.7 Å². The van der Waals surface area contributed by atoms with Crippen LogP contribution in [-0.4, -0.2) is 20.9 Å². The Hall–Kier alpha value is -1.46. The number of hydrogen-bond acceptors (Lipinski definition) is 2. The van der Waals surface area contributed by atoms with Crippen LogP contribution in [0.1, 0.15) is 17.8 Å². The van der Waals surface area contributed by atoms with E-state index in [0.29, 0.717) is 5.69 Å². The molecule has 0 bridgehead atoms. The molecule has 0 saturated carbocycles. The number of aromatic nitrogens is 2. The molecule has 0 saturated heterocycles. The Balaban J connectivity index is 2.97. The van der Waals surface area contributed by atoms with E-state index in [4.69, 9.17) is 5.11 Å². The zero-order chi connectivity index (χ0) is 10.9. The summed E-state index contributed by atoms with van der Waals surface area (Å²) in [6, 6.07) is 1.18. The maximum Gasteiger partial charge on any atom is 0.309 e. The van der Waals surface area contributed by atoms with Gasteiger partial charge in [-0.1, -0.05) is 0 Å². The van der Waals surface area contributed by atoms with Gasteiger partial charge in [0, 0.05) is 12.7 Å². The van der Waals surface area contributed by atoms with E-state index in [-0.39, 0.29) is 0 Å². The first kappa shape index (κ1) is 10.6. The number of rotatable bonds is 3. The fourth-order valence-corrected chi connectivity index (χ4v) is 1.02. The molecule has 0 fully saturated rings. The van der Waals surface area contributed by atoms with Crippen LogP contribution in [-0.2, 0) is 17.8 Å². The summed E-state index contributed by atoms with van der Waals surface area (Å²) in [6.07, 6.45) is -1.23. The van der Waals surface area contributed by atoms with Crippen molar-refractivity contribution in [2.24, 2.45) is 7.05 Å². The van der Waals surface area contributed by atoms with Gasteiger partial charge in [0.1, 0.15) is 12.1 Å². The second-order valence-electron chi connectivity index (χ2n) is 3.07. The highest BCUT2D eigenvalue weighted by Crippen LogP contribution is 2.30. The van der Waals surface area contributed by atoms with E-state index in [9.17, 15) is 13.6 Å². The lowest BCUT2D eigenvalue weighted by Crippen LogP contribution is -2.19. The van der Waals surface area contributed by atoms with Gasteiger partial charge in [-0.3, -0.25) is 9.48 Å². The molecule has 78 valence electrons. The van der Waals surface area contributed by atoms with Crippen molar-refractivity contribution in [2.45, 2.75) is 19.3 Å². The van der Waals surface area contributed by atoms with Crippen molar-refractivity contribution in [1.82, 2.24) is 9.78 Å². The number of carboxylic acid groups (broad SMARTS) is 1. The Kier molecular flexibility index (Phi) is 2.55. The molecule has 1 aromatic heterocycles. The minimum absolute atomic E-state index is 0.500. The van der Waals surface area contributed by atoms with Crippen molar-refractivity contribution in [3.8, 4) is 0 Å². The Labute approximate surface area is 79.2 Å². The lowest BCUT2D eigenvalue weighted by Gasteiger charge is -2.09. The van der Waals surface area contributed by atoms with Gasteiger partial charge in [-0.2, -0.15) is 13.9 Å². The molecule has 6 heteroatoms. The fourth-order valence-electron chi connectivity index (χ4n) is 1.02. The monoisotopic (exact) mass is 204 g/mol. The van der Waals surface area contributed by atoms with Crippen molar-refractivity contribution in [3.05, 3.63) is 17.5 Å². The van der Waals surface area contributed by atoms with Gasteiger partial charge in [0.15, 0.2) is 0 Å². The molecule has 1 heterocycles. The molecule has 0 aliphatic rings. The first-order chi connectivity index (χ1) is 6.33. The number of aryl methyl sites for hydroxylation is 2. The van der Waals surface area contributed by atoms with E-state index in [1.165, 1.54) is 17.8 Å². The molecule has 0 aromatic carbocycles. The molecule has 0 spiro atoms. The quantitative estimate of drug-likeness (QED) is 0.807. The number of aliphatic carboxylic acids is 1. The highest BCUT2D eigenvalue weighted by Gasteiger charge is 2.37. The van der Waals surface area contributed by atoms with Crippen molar-refractivity contribution in [1.29, 1.82) is 0 Å². The summed E-state index contributed by atoms with van der Waals surface area (Å²) in [5.74, 6) is -4.95. The van der Waals surface area contributed by atoms with E-state index in [1.54, 1.807) is 6.92 Å². The average Bonchev–Trinajstić information content (AvgIpc) is 2.30. The fraction of sp³-hybridized carbons (Fsp3) is 0.500. The summed E-state index contributed by atoms with van der Waals surface area (Å²) < 4.78 is 27.6. The number of carbonyl (C=O) groups is 1. The van der Waals surface area contributed by atoms with Crippen LogP contribution in [0.4, 0.5) is 8.78 Å². The summed E-state index contributed by atoms with van der Waals surface area (Å²) in [7, 11) is 1.52. The number of nitrogens with zero attached hydrogens (tertiary/aromatic N) is 2. The molecule has 1 aromatic rings. The second kappa shape index (κ2) is 3.36. The van der Waals surface area contributed by atoms with Crippen LogP contribution in [0.15, 0.2) is 6.07 Å². The standard InChI is InChI=1S/C8H10F2N2O2/c1-5-3-6(11-12(5)2)8(9,10)4-7(13)14/h3H,4H2,1-2H3,(H,13,14). The molecule has 0 atom stereocenters. The first-order valence-electron chi connectivity index (χ1n) is 3.93. The number of alkyl halides is 2.